The highest BCUT2D eigenvalue weighted by Gasteiger charge is 2.44. The first kappa shape index (κ1) is 30.4. The Morgan fingerprint density at radius 2 is 1.65 bits per heavy atom. The maximum atomic E-state index is 13.4. The Hall–Kier alpha value is -5.95. The van der Waals surface area contributed by atoms with Gasteiger partial charge in [0.15, 0.2) is 5.65 Å². The molecule has 2 fully saturated rings. The average Bonchev–Trinajstić information content (AvgIpc) is 3.61. The van der Waals surface area contributed by atoms with Crippen LogP contribution in [-0.2, 0) is 16.1 Å². The Morgan fingerprint density at radius 1 is 0.878 bits per heavy atom. The second kappa shape index (κ2) is 12.3. The molecule has 2 unspecified atom stereocenters. The third-order valence-electron chi connectivity index (χ3n) is 9.36. The van der Waals surface area contributed by atoms with Crippen molar-refractivity contribution >= 4 is 40.5 Å². The first-order valence-electron chi connectivity index (χ1n) is 16.2. The van der Waals surface area contributed by atoms with E-state index in [1.54, 1.807) is 12.1 Å². The number of fused-ring (bicyclic) bond motifs is 2. The number of hydrogen-bond acceptors (Lipinski definition) is 10. The van der Waals surface area contributed by atoms with E-state index in [-0.39, 0.29) is 30.0 Å². The summed E-state index contributed by atoms with van der Waals surface area (Å²) >= 11 is 0. The number of amides is 4. The number of nitrogens with two attached hydrogens (primary N) is 1. The number of hydrogen-bond donors (Lipinski definition) is 2. The summed E-state index contributed by atoms with van der Waals surface area (Å²) in [5.41, 5.74) is 10.0. The van der Waals surface area contributed by atoms with Gasteiger partial charge in [-0.1, -0.05) is 24.3 Å². The number of likely N-dealkylation sites (tertiary alicyclic amines) is 1. The lowest BCUT2D eigenvalue weighted by molar-refractivity contribution is -0.136. The van der Waals surface area contributed by atoms with Crippen LogP contribution in [0.25, 0.3) is 22.3 Å². The van der Waals surface area contributed by atoms with E-state index in [1.807, 2.05) is 65.3 Å². The summed E-state index contributed by atoms with van der Waals surface area (Å²) < 4.78 is 7.92. The minimum absolute atomic E-state index is 0.000593. The number of carbonyl (C=O) groups excluding carboxylic acids is 4. The number of nitrogens with one attached hydrogen (secondary N) is 1. The van der Waals surface area contributed by atoms with Gasteiger partial charge in [-0.05, 0) is 79.9 Å². The molecule has 0 radical (unpaired) electrons. The van der Waals surface area contributed by atoms with Gasteiger partial charge in [-0.25, -0.2) is 14.6 Å². The summed E-state index contributed by atoms with van der Waals surface area (Å²) in [5, 5.41) is 7.98. The third kappa shape index (κ3) is 5.57. The predicted molar refractivity (Wildman–Crippen MR) is 178 cm³/mol. The minimum atomic E-state index is -0.997. The Bertz CT molecular complexity index is 2130. The van der Waals surface area contributed by atoms with Crippen LogP contribution in [0.4, 0.5) is 5.82 Å². The average molecular weight is 657 g/mol. The first-order chi connectivity index (χ1) is 23.8. The van der Waals surface area contributed by atoms with Crippen LogP contribution in [0.1, 0.15) is 58.0 Å². The highest BCUT2D eigenvalue weighted by atomic mass is 16.5. The maximum absolute atomic E-state index is 13.4. The molecule has 246 valence electrons. The summed E-state index contributed by atoms with van der Waals surface area (Å²) in [7, 11) is 0. The zero-order chi connectivity index (χ0) is 33.6. The number of imide groups is 2. The minimum Gasteiger partial charge on any atom is -0.457 e. The van der Waals surface area contributed by atoms with Crippen molar-refractivity contribution in [1.29, 1.82) is 0 Å². The van der Waals surface area contributed by atoms with Gasteiger partial charge in [0.1, 0.15) is 35.4 Å². The fraction of sp³-hybridized carbons (Fsp3) is 0.250. The van der Waals surface area contributed by atoms with Crippen LogP contribution in [0.3, 0.4) is 0 Å². The van der Waals surface area contributed by atoms with Crippen LogP contribution in [0.15, 0.2) is 79.1 Å². The number of anilines is 1. The third-order valence-corrected chi connectivity index (χ3v) is 9.36. The van der Waals surface area contributed by atoms with Gasteiger partial charge in [-0.3, -0.25) is 34.3 Å². The van der Waals surface area contributed by atoms with Crippen LogP contribution in [0, 0.1) is 0 Å². The standard InChI is InChI=1S/C36H32N8O5/c37-32-30-31(22-9-11-25(12-10-22)49-24-6-2-1-3-7-24)41-44(33(30)39-20-38-32)23-5-4-16-42(19-23)18-21-8-13-26-27(17-21)36(48)43(35(26)47)28-14-15-29(45)40-34(28)46/h1-3,6-13,17,20,23,28H,4-5,14-16,18-19H2,(H2,37,38,39)(H,40,45,46). The van der Waals surface area contributed by atoms with E-state index in [1.165, 1.54) is 6.33 Å². The van der Waals surface area contributed by atoms with Gasteiger partial charge < -0.3 is 10.5 Å². The quantitative estimate of drug-likeness (QED) is 0.244. The number of piperidine rings is 2. The second-order valence-electron chi connectivity index (χ2n) is 12.5. The molecule has 5 aromatic rings. The summed E-state index contributed by atoms with van der Waals surface area (Å²) in [6, 6.07) is 21.5. The Morgan fingerprint density at radius 3 is 2.45 bits per heavy atom. The zero-order valence-corrected chi connectivity index (χ0v) is 26.4. The van der Waals surface area contributed by atoms with Crippen molar-refractivity contribution in [2.75, 3.05) is 18.8 Å². The summed E-state index contributed by atoms with van der Waals surface area (Å²) in [6.45, 7) is 2.07. The molecule has 4 amide bonds. The highest BCUT2D eigenvalue weighted by molar-refractivity contribution is 6.23. The summed E-state index contributed by atoms with van der Waals surface area (Å²) in [4.78, 5) is 62.8. The normalized spacial score (nSPS) is 19.7. The van der Waals surface area contributed by atoms with Crippen LogP contribution >= 0.6 is 0 Å². The highest BCUT2D eigenvalue weighted by Crippen LogP contribution is 2.35. The number of para-hydroxylation sites is 1. The topological polar surface area (TPSA) is 166 Å². The number of rotatable bonds is 7. The molecule has 2 aromatic heterocycles. The molecule has 2 saturated heterocycles. The Kier molecular flexibility index (Phi) is 7.60. The molecule has 5 heterocycles. The van der Waals surface area contributed by atoms with E-state index in [0.29, 0.717) is 41.4 Å². The molecule has 3 N–H and O–H groups in total. The van der Waals surface area contributed by atoms with Gasteiger partial charge in [0.25, 0.3) is 11.8 Å². The van der Waals surface area contributed by atoms with E-state index in [4.69, 9.17) is 15.6 Å². The van der Waals surface area contributed by atoms with Crippen molar-refractivity contribution in [2.45, 2.75) is 44.3 Å². The Balaban J connectivity index is 1.02. The Labute approximate surface area is 280 Å². The van der Waals surface area contributed by atoms with E-state index in [0.717, 1.165) is 41.2 Å². The second-order valence-corrected chi connectivity index (χ2v) is 12.5. The van der Waals surface area contributed by atoms with E-state index >= 15 is 0 Å². The van der Waals surface area contributed by atoms with E-state index in [9.17, 15) is 19.2 Å². The fourth-order valence-corrected chi connectivity index (χ4v) is 7.01. The van der Waals surface area contributed by atoms with Crippen LogP contribution < -0.4 is 15.8 Å². The maximum Gasteiger partial charge on any atom is 0.262 e. The molecule has 13 heteroatoms. The number of nitrogens with zero attached hydrogens (tertiary/aromatic N) is 6. The van der Waals surface area contributed by atoms with Crippen LogP contribution in [0.5, 0.6) is 11.5 Å². The molecule has 3 aliphatic heterocycles. The molecule has 0 bridgehead atoms. The number of ether oxygens (including phenoxy) is 1. The number of carbonyl (C=O) groups is 4. The molecule has 8 rings (SSSR count). The van der Waals surface area contributed by atoms with E-state index < -0.39 is 29.7 Å². The van der Waals surface area contributed by atoms with Crippen molar-refractivity contribution in [3.8, 4) is 22.8 Å². The molecule has 3 aliphatic rings. The zero-order valence-electron chi connectivity index (χ0n) is 26.4. The molecule has 13 nitrogen and oxygen atoms in total. The van der Waals surface area contributed by atoms with Gasteiger partial charge in [-0.2, -0.15) is 5.10 Å². The lowest BCUT2D eigenvalue weighted by Gasteiger charge is -2.33. The van der Waals surface area contributed by atoms with Crippen molar-refractivity contribution in [1.82, 2.24) is 34.9 Å². The molecular formula is C36H32N8O5. The van der Waals surface area contributed by atoms with Gasteiger partial charge in [0, 0.05) is 25.1 Å². The number of benzene rings is 3. The van der Waals surface area contributed by atoms with E-state index in [2.05, 4.69) is 20.2 Å². The monoisotopic (exact) mass is 656 g/mol. The molecular weight excluding hydrogens is 624 g/mol. The van der Waals surface area contributed by atoms with Gasteiger partial charge >= 0.3 is 0 Å². The van der Waals surface area contributed by atoms with Crippen molar-refractivity contribution in [3.63, 3.8) is 0 Å². The number of aromatic nitrogens is 4. The first-order valence-corrected chi connectivity index (χ1v) is 16.2. The SMILES string of the molecule is Nc1ncnc2c1c(-c1ccc(Oc3ccccc3)cc1)nn2C1CCCN(Cc2ccc3c(c2)C(=O)N(C2CCC(=O)NC2=O)C3=O)C1. The lowest BCUT2D eigenvalue weighted by atomic mass is 10.0. The van der Waals surface area contributed by atoms with Gasteiger partial charge in [-0.15, -0.1) is 0 Å². The molecule has 0 aliphatic carbocycles. The lowest BCUT2D eigenvalue weighted by Crippen LogP contribution is -2.54. The fourth-order valence-electron chi connectivity index (χ4n) is 7.01. The van der Waals surface area contributed by atoms with Crippen molar-refractivity contribution in [2.24, 2.45) is 0 Å². The number of nitrogen functional groups attached to an aromatic ring is 1. The van der Waals surface area contributed by atoms with Crippen LogP contribution in [0.2, 0.25) is 0 Å². The van der Waals surface area contributed by atoms with Crippen molar-refractivity contribution < 1.29 is 23.9 Å². The smallest absolute Gasteiger partial charge is 0.262 e. The van der Waals surface area contributed by atoms with Gasteiger partial charge in [0.05, 0.1) is 22.6 Å². The van der Waals surface area contributed by atoms with Crippen molar-refractivity contribution in [3.05, 3.63) is 95.8 Å². The molecule has 0 saturated carbocycles. The summed E-state index contributed by atoms with van der Waals surface area (Å²) in [5.74, 6) is -0.252. The largest absolute Gasteiger partial charge is 0.457 e. The van der Waals surface area contributed by atoms with Crippen LogP contribution in [-0.4, -0.2) is 72.3 Å². The molecule has 49 heavy (non-hydrogen) atoms. The molecule has 3 aromatic carbocycles. The molecule has 2 atom stereocenters. The predicted octanol–water partition coefficient (Wildman–Crippen LogP) is 4.11. The van der Waals surface area contributed by atoms with Gasteiger partial charge in [0.2, 0.25) is 11.8 Å². The molecule has 0 spiro atoms. The summed E-state index contributed by atoms with van der Waals surface area (Å²) in [6.07, 6.45) is 3.45.